The Bertz CT molecular complexity index is 400. The van der Waals surface area contributed by atoms with Gasteiger partial charge in [-0.05, 0) is 49.7 Å². The maximum absolute atomic E-state index is 12.4. The highest BCUT2D eigenvalue weighted by Gasteiger charge is 2.30. The Kier molecular flexibility index (Phi) is 6.80. The molecule has 0 amide bonds. The molecule has 2 aliphatic rings. The van der Waals surface area contributed by atoms with E-state index in [4.69, 9.17) is 0 Å². The Morgan fingerprint density at radius 3 is 2.33 bits per heavy atom. The second-order valence-corrected chi connectivity index (χ2v) is 9.34. The standard InChI is InChI=1S/C14H29N3O2S2/c1-12(2)15-11-13-3-7-17(8-4-13)21(18,19)16-14-5-9-20-10-6-14/h12-16H,3-11H2,1-2H3. The predicted molar refractivity (Wildman–Crippen MR) is 89.8 cm³/mol. The molecule has 2 fully saturated rings. The van der Waals surface area contributed by atoms with E-state index in [1.54, 1.807) is 4.31 Å². The van der Waals surface area contributed by atoms with Crippen LogP contribution in [-0.4, -0.2) is 55.9 Å². The molecule has 0 spiro atoms. The summed E-state index contributed by atoms with van der Waals surface area (Å²) >= 11 is 1.91. The molecule has 2 N–H and O–H groups in total. The molecule has 0 saturated carbocycles. The number of nitrogens with zero attached hydrogens (tertiary/aromatic N) is 1. The Morgan fingerprint density at radius 1 is 1.14 bits per heavy atom. The minimum absolute atomic E-state index is 0.136. The van der Waals surface area contributed by atoms with Crippen LogP contribution in [0.15, 0.2) is 0 Å². The van der Waals surface area contributed by atoms with Gasteiger partial charge in [0, 0.05) is 25.2 Å². The minimum Gasteiger partial charge on any atom is -0.314 e. The first kappa shape index (κ1) is 17.5. The zero-order chi connectivity index (χ0) is 15.3. The lowest BCUT2D eigenvalue weighted by Crippen LogP contribution is -2.49. The number of thioether (sulfide) groups is 1. The van der Waals surface area contributed by atoms with Crippen molar-refractivity contribution in [1.29, 1.82) is 0 Å². The van der Waals surface area contributed by atoms with Crippen molar-refractivity contribution in [2.45, 2.75) is 51.6 Å². The van der Waals surface area contributed by atoms with E-state index in [2.05, 4.69) is 23.9 Å². The average Bonchev–Trinajstić information content (AvgIpc) is 2.46. The molecule has 5 nitrogen and oxygen atoms in total. The van der Waals surface area contributed by atoms with Crippen LogP contribution in [0.4, 0.5) is 0 Å². The van der Waals surface area contributed by atoms with E-state index in [-0.39, 0.29) is 6.04 Å². The van der Waals surface area contributed by atoms with E-state index in [0.717, 1.165) is 43.7 Å². The highest BCUT2D eigenvalue weighted by molar-refractivity contribution is 7.99. The van der Waals surface area contributed by atoms with Crippen molar-refractivity contribution >= 4 is 22.0 Å². The third kappa shape index (κ3) is 5.71. The van der Waals surface area contributed by atoms with Gasteiger partial charge in [0.1, 0.15) is 0 Å². The zero-order valence-electron chi connectivity index (χ0n) is 13.2. The molecule has 124 valence electrons. The van der Waals surface area contributed by atoms with Crippen LogP contribution < -0.4 is 10.0 Å². The van der Waals surface area contributed by atoms with Gasteiger partial charge in [-0.1, -0.05) is 13.8 Å². The van der Waals surface area contributed by atoms with Crippen LogP contribution in [0.5, 0.6) is 0 Å². The van der Waals surface area contributed by atoms with E-state index in [1.165, 1.54) is 0 Å². The second-order valence-electron chi connectivity index (χ2n) is 6.41. The molecule has 0 aromatic rings. The maximum atomic E-state index is 12.4. The molecule has 0 unspecified atom stereocenters. The number of rotatable bonds is 6. The highest BCUT2D eigenvalue weighted by Crippen LogP contribution is 2.21. The molecular weight excluding hydrogens is 306 g/mol. The summed E-state index contributed by atoms with van der Waals surface area (Å²) in [5, 5.41) is 3.45. The van der Waals surface area contributed by atoms with E-state index in [9.17, 15) is 8.42 Å². The molecule has 2 aliphatic heterocycles. The van der Waals surface area contributed by atoms with E-state index in [0.29, 0.717) is 25.0 Å². The third-order valence-corrected chi connectivity index (χ3v) is 6.99. The summed E-state index contributed by atoms with van der Waals surface area (Å²) in [5.74, 6) is 2.73. The molecule has 0 aromatic heterocycles. The van der Waals surface area contributed by atoms with Crippen molar-refractivity contribution in [3.8, 4) is 0 Å². The minimum atomic E-state index is -3.28. The van der Waals surface area contributed by atoms with Crippen LogP contribution in [0.1, 0.15) is 39.5 Å². The summed E-state index contributed by atoms with van der Waals surface area (Å²) in [7, 11) is -3.28. The fourth-order valence-corrected chi connectivity index (χ4v) is 5.46. The van der Waals surface area contributed by atoms with Crippen LogP contribution in [0, 0.1) is 5.92 Å². The average molecular weight is 336 g/mol. The zero-order valence-corrected chi connectivity index (χ0v) is 14.8. The van der Waals surface area contributed by atoms with E-state index < -0.39 is 10.2 Å². The van der Waals surface area contributed by atoms with Crippen molar-refractivity contribution in [1.82, 2.24) is 14.3 Å². The predicted octanol–water partition coefficient (Wildman–Crippen LogP) is 1.43. The number of hydrogen-bond acceptors (Lipinski definition) is 4. The van der Waals surface area contributed by atoms with Crippen molar-refractivity contribution in [2.75, 3.05) is 31.1 Å². The molecule has 0 radical (unpaired) electrons. The van der Waals surface area contributed by atoms with Gasteiger partial charge in [-0.15, -0.1) is 0 Å². The van der Waals surface area contributed by atoms with Gasteiger partial charge in [-0.25, -0.2) is 0 Å². The Labute approximate surface area is 133 Å². The van der Waals surface area contributed by atoms with Crippen LogP contribution in [0.3, 0.4) is 0 Å². The largest absolute Gasteiger partial charge is 0.314 e. The summed E-state index contributed by atoms with van der Waals surface area (Å²) in [4.78, 5) is 0. The molecule has 0 bridgehead atoms. The lowest BCUT2D eigenvalue weighted by Gasteiger charge is -2.33. The van der Waals surface area contributed by atoms with Gasteiger partial charge in [-0.3, -0.25) is 0 Å². The highest BCUT2D eigenvalue weighted by atomic mass is 32.2. The SMILES string of the molecule is CC(C)NCC1CCN(S(=O)(=O)NC2CCSCC2)CC1. The van der Waals surface area contributed by atoms with Crippen molar-refractivity contribution in [3.63, 3.8) is 0 Å². The van der Waals surface area contributed by atoms with Gasteiger partial charge in [0.2, 0.25) is 0 Å². The number of hydrogen-bond donors (Lipinski definition) is 2. The molecule has 21 heavy (non-hydrogen) atoms. The van der Waals surface area contributed by atoms with E-state index in [1.807, 2.05) is 11.8 Å². The first-order valence-corrected chi connectivity index (χ1v) is 10.7. The Hall–Kier alpha value is 0.180. The Morgan fingerprint density at radius 2 is 1.76 bits per heavy atom. The van der Waals surface area contributed by atoms with Gasteiger partial charge in [0.15, 0.2) is 0 Å². The number of nitrogens with one attached hydrogen (secondary N) is 2. The Balaban J connectivity index is 1.77. The summed E-state index contributed by atoms with van der Waals surface area (Å²) in [6, 6.07) is 0.634. The molecule has 0 aliphatic carbocycles. The van der Waals surface area contributed by atoms with Gasteiger partial charge < -0.3 is 5.32 Å². The molecule has 7 heteroatoms. The first-order chi connectivity index (χ1) is 9.97. The van der Waals surface area contributed by atoms with Crippen LogP contribution in [-0.2, 0) is 10.2 Å². The molecule has 0 atom stereocenters. The lowest BCUT2D eigenvalue weighted by molar-refractivity contribution is 0.260. The molecule has 0 aromatic carbocycles. The summed E-state index contributed by atoms with van der Waals surface area (Å²) < 4.78 is 29.4. The van der Waals surface area contributed by atoms with Gasteiger partial charge in [-0.2, -0.15) is 29.2 Å². The van der Waals surface area contributed by atoms with Crippen LogP contribution in [0.2, 0.25) is 0 Å². The number of piperidine rings is 1. The van der Waals surface area contributed by atoms with Gasteiger partial charge in [0.25, 0.3) is 10.2 Å². The first-order valence-electron chi connectivity index (χ1n) is 8.06. The van der Waals surface area contributed by atoms with E-state index >= 15 is 0 Å². The normalized spacial score (nSPS) is 23.8. The van der Waals surface area contributed by atoms with Crippen molar-refractivity contribution in [2.24, 2.45) is 5.92 Å². The van der Waals surface area contributed by atoms with Gasteiger partial charge >= 0.3 is 0 Å². The second kappa shape index (κ2) is 8.15. The lowest BCUT2D eigenvalue weighted by atomic mass is 9.98. The topological polar surface area (TPSA) is 61.4 Å². The van der Waals surface area contributed by atoms with Crippen LogP contribution >= 0.6 is 11.8 Å². The molecule has 2 heterocycles. The fourth-order valence-electron chi connectivity index (χ4n) is 2.86. The molecule has 2 rings (SSSR count). The summed E-state index contributed by atoms with van der Waals surface area (Å²) in [5.41, 5.74) is 0. The third-order valence-electron chi connectivity index (χ3n) is 4.27. The monoisotopic (exact) mass is 335 g/mol. The fraction of sp³-hybridized carbons (Fsp3) is 1.00. The maximum Gasteiger partial charge on any atom is 0.279 e. The summed E-state index contributed by atoms with van der Waals surface area (Å²) in [6.45, 7) is 6.60. The molecule has 2 saturated heterocycles. The summed E-state index contributed by atoms with van der Waals surface area (Å²) in [6.07, 6.45) is 3.83. The van der Waals surface area contributed by atoms with Crippen LogP contribution in [0.25, 0.3) is 0 Å². The molecular formula is C14H29N3O2S2. The van der Waals surface area contributed by atoms with Crippen molar-refractivity contribution in [3.05, 3.63) is 0 Å². The van der Waals surface area contributed by atoms with Gasteiger partial charge in [0.05, 0.1) is 0 Å². The quantitative estimate of drug-likeness (QED) is 0.771. The smallest absolute Gasteiger partial charge is 0.279 e. The van der Waals surface area contributed by atoms with Crippen molar-refractivity contribution < 1.29 is 8.42 Å².